The normalized spacial score (nSPS) is 11.5. The van der Waals surface area contributed by atoms with E-state index in [1.54, 1.807) is 11.8 Å². The Labute approximate surface area is 94.9 Å². The van der Waals surface area contributed by atoms with Gasteiger partial charge in [0.2, 0.25) is 5.91 Å². The van der Waals surface area contributed by atoms with E-state index in [0.29, 0.717) is 12.3 Å². The maximum atomic E-state index is 11.3. The molecule has 0 saturated carbocycles. The van der Waals surface area contributed by atoms with E-state index in [2.05, 4.69) is 0 Å². The maximum Gasteiger partial charge on any atom is 0.218 e. The van der Waals surface area contributed by atoms with Gasteiger partial charge in [-0.15, -0.1) is 0 Å². The monoisotopic (exact) mass is 254 g/mol. The highest BCUT2D eigenvalue weighted by Gasteiger charge is 2.11. The fraction of sp³-hybridized carbons (Fsp3) is 0.875. The molecule has 0 aliphatic carbocycles. The number of carbonyl (C=O) groups is 1. The van der Waals surface area contributed by atoms with Crippen LogP contribution in [0.5, 0.6) is 0 Å². The van der Waals surface area contributed by atoms with Gasteiger partial charge in [0, 0.05) is 12.2 Å². The lowest BCUT2D eigenvalue weighted by Gasteiger charge is -2.02. The van der Waals surface area contributed by atoms with Gasteiger partial charge in [0.1, 0.15) is 0 Å². The Hall–Kier alpha value is -0.270. The lowest BCUT2D eigenvalue weighted by Crippen LogP contribution is -2.19. The minimum absolute atomic E-state index is 0.0875. The van der Waals surface area contributed by atoms with Gasteiger partial charge in [0.25, 0.3) is 0 Å². The number of hydrogen-bond donors (Lipinski definition) is 2. The zero-order valence-corrected chi connectivity index (χ0v) is 10.3. The molecule has 0 atom stereocenters. The van der Waals surface area contributed by atoms with Crippen LogP contribution in [0.3, 0.4) is 0 Å². The van der Waals surface area contributed by atoms with Crippen LogP contribution in [0.2, 0.25) is 0 Å². The van der Waals surface area contributed by atoms with Gasteiger partial charge in [0.05, 0.1) is 11.5 Å². The molecule has 1 amide bonds. The zero-order valence-electron chi connectivity index (χ0n) is 8.65. The number of amides is 1. The summed E-state index contributed by atoms with van der Waals surface area (Å²) >= 11 is 1.56. The highest BCUT2D eigenvalue weighted by molar-refractivity contribution is 8.00. The molecule has 0 rings (SSSR count). The summed E-state index contributed by atoms with van der Waals surface area (Å²) in [5.41, 5.74) is 10.2. The first kappa shape index (κ1) is 14.7. The molecule has 15 heavy (non-hydrogen) atoms. The van der Waals surface area contributed by atoms with Crippen LogP contribution in [-0.2, 0) is 14.6 Å². The van der Waals surface area contributed by atoms with Gasteiger partial charge < -0.3 is 11.5 Å². The molecule has 4 N–H and O–H groups in total. The molecule has 0 aliphatic rings. The van der Waals surface area contributed by atoms with Gasteiger partial charge in [0.15, 0.2) is 9.84 Å². The van der Waals surface area contributed by atoms with Crippen molar-refractivity contribution in [2.24, 2.45) is 11.5 Å². The van der Waals surface area contributed by atoms with Crippen molar-refractivity contribution in [3.05, 3.63) is 0 Å². The summed E-state index contributed by atoms with van der Waals surface area (Å²) in [6, 6.07) is 0. The van der Waals surface area contributed by atoms with Gasteiger partial charge in [-0.25, -0.2) is 8.42 Å². The summed E-state index contributed by atoms with van der Waals surface area (Å²) in [4.78, 5) is 10.4. The smallest absolute Gasteiger partial charge is 0.218 e. The van der Waals surface area contributed by atoms with Crippen molar-refractivity contribution in [2.45, 2.75) is 12.8 Å². The minimum atomic E-state index is -3.12. The number of rotatable bonds is 9. The quantitative estimate of drug-likeness (QED) is 0.533. The maximum absolute atomic E-state index is 11.3. The molecule has 0 bridgehead atoms. The standard InChI is InChI=1S/C8H18N2O3S2/c9-3-1-4-14-5-7-15(12,13)6-2-8(10)11/h1-7,9H2,(H2,10,11). The van der Waals surface area contributed by atoms with Crippen LogP contribution in [0.1, 0.15) is 12.8 Å². The molecule has 0 spiro atoms. The van der Waals surface area contributed by atoms with E-state index in [9.17, 15) is 13.2 Å². The molecule has 0 saturated heterocycles. The first-order chi connectivity index (χ1) is 6.98. The predicted octanol–water partition coefficient (Wildman–Crippen LogP) is -0.641. The van der Waals surface area contributed by atoms with E-state index < -0.39 is 15.7 Å². The molecule has 0 aromatic rings. The van der Waals surface area contributed by atoms with Gasteiger partial charge >= 0.3 is 0 Å². The van der Waals surface area contributed by atoms with Gasteiger partial charge in [-0.05, 0) is 18.7 Å². The van der Waals surface area contributed by atoms with Crippen molar-refractivity contribution in [3.63, 3.8) is 0 Å². The number of nitrogens with two attached hydrogens (primary N) is 2. The Kier molecular flexibility index (Phi) is 7.81. The second-order valence-corrected chi connectivity index (χ2v) is 6.65. The lowest BCUT2D eigenvalue weighted by atomic mass is 10.5. The highest BCUT2D eigenvalue weighted by atomic mass is 32.2. The summed E-state index contributed by atoms with van der Waals surface area (Å²) in [6.07, 6.45) is 0.807. The van der Waals surface area contributed by atoms with Crippen LogP contribution in [0.4, 0.5) is 0 Å². The Morgan fingerprint density at radius 1 is 1.20 bits per heavy atom. The molecule has 7 heteroatoms. The molecule has 0 aliphatic heterocycles. The molecule has 5 nitrogen and oxygen atoms in total. The van der Waals surface area contributed by atoms with E-state index in [4.69, 9.17) is 11.5 Å². The Balaban J connectivity index is 3.61. The van der Waals surface area contributed by atoms with E-state index in [0.717, 1.165) is 12.2 Å². The Morgan fingerprint density at radius 2 is 1.87 bits per heavy atom. The molecule has 0 aromatic heterocycles. The van der Waals surface area contributed by atoms with Crippen LogP contribution >= 0.6 is 11.8 Å². The number of thioether (sulfide) groups is 1. The molecular weight excluding hydrogens is 236 g/mol. The van der Waals surface area contributed by atoms with Crippen molar-refractivity contribution in [1.82, 2.24) is 0 Å². The van der Waals surface area contributed by atoms with Gasteiger partial charge in [-0.1, -0.05) is 0 Å². The Morgan fingerprint density at radius 3 is 2.40 bits per heavy atom. The SMILES string of the molecule is NCCCSCCS(=O)(=O)CCC(N)=O. The number of carbonyl (C=O) groups excluding carboxylic acids is 1. The predicted molar refractivity (Wildman–Crippen MR) is 63.5 cm³/mol. The van der Waals surface area contributed by atoms with Crippen molar-refractivity contribution in [2.75, 3.05) is 29.6 Å². The summed E-state index contributed by atoms with van der Waals surface area (Å²) < 4.78 is 22.6. The van der Waals surface area contributed by atoms with Crippen LogP contribution < -0.4 is 11.5 Å². The zero-order chi connectivity index (χ0) is 11.7. The van der Waals surface area contributed by atoms with Crippen LogP contribution in [0.15, 0.2) is 0 Å². The second-order valence-electron chi connectivity index (χ2n) is 3.12. The second kappa shape index (κ2) is 7.95. The van der Waals surface area contributed by atoms with Crippen molar-refractivity contribution < 1.29 is 13.2 Å². The topological polar surface area (TPSA) is 103 Å². The summed E-state index contributed by atoms with van der Waals surface area (Å²) in [5.74, 6) is 0.826. The third-order valence-electron chi connectivity index (χ3n) is 1.69. The summed E-state index contributed by atoms with van der Waals surface area (Å²) in [6.45, 7) is 0.626. The fourth-order valence-electron chi connectivity index (χ4n) is 0.832. The molecular formula is C8H18N2O3S2. The summed E-state index contributed by atoms with van der Waals surface area (Å²) in [5, 5.41) is 0. The average molecular weight is 254 g/mol. The van der Waals surface area contributed by atoms with E-state index in [1.807, 2.05) is 0 Å². The van der Waals surface area contributed by atoms with Crippen LogP contribution in [0, 0.1) is 0 Å². The third-order valence-corrected chi connectivity index (χ3v) is 4.67. The van der Waals surface area contributed by atoms with E-state index in [1.165, 1.54) is 0 Å². The minimum Gasteiger partial charge on any atom is -0.370 e. The number of sulfone groups is 1. The summed E-state index contributed by atoms with van der Waals surface area (Å²) in [7, 11) is -3.12. The molecule has 0 unspecified atom stereocenters. The van der Waals surface area contributed by atoms with Gasteiger partial charge in [-0.2, -0.15) is 11.8 Å². The van der Waals surface area contributed by atoms with Crippen molar-refractivity contribution >= 4 is 27.5 Å². The van der Waals surface area contributed by atoms with Crippen molar-refractivity contribution in [1.29, 1.82) is 0 Å². The first-order valence-corrected chi connectivity index (χ1v) is 7.72. The lowest BCUT2D eigenvalue weighted by molar-refractivity contribution is -0.117. The third kappa shape index (κ3) is 10.0. The first-order valence-electron chi connectivity index (χ1n) is 4.74. The molecule has 0 radical (unpaired) electrons. The molecule has 0 fully saturated rings. The van der Waals surface area contributed by atoms with Crippen molar-refractivity contribution in [3.8, 4) is 0 Å². The van der Waals surface area contributed by atoms with Gasteiger partial charge in [-0.3, -0.25) is 4.79 Å². The Bertz CT molecular complexity index is 278. The molecule has 0 heterocycles. The molecule has 90 valence electrons. The highest BCUT2D eigenvalue weighted by Crippen LogP contribution is 2.04. The van der Waals surface area contributed by atoms with Crippen LogP contribution in [0.25, 0.3) is 0 Å². The van der Waals surface area contributed by atoms with Crippen LogP contribution in [-0.4, -0.2) is 43.9 Å². The van der Waals surface area contributed by atoms with E-state index >= 15 is 0 Å². The van der Waals surface area contributed by atoms with E-state index in [-0.39, 0.29) is 17.9 Å². The number of primary amides is 1. The average Bonchev–Trinajstić information content (AvgIpc) is 2.15. The number of hydrogen-bond acceptors (Lipinski definition) is 5. The molecule has 0 aromatic carbocycles. The largest absolute Gasteiger partial charge is 0.370 e. The fourth-order valence-corrected chi connectivity index (χ4v) is 3.61.